The van der Waals surface area contributed by atoms with Crippen LogP contribution in [0.2, 0.25) is 0 Å². The summed E-state index contributed by atoms with van der Waals surface area (Å²) in [5, 5.41) is 3.48. The summed E-state index contributed by atoms with van der Waals surface area (Å²) in [6.07, 6.45) is 2.46. The molecule has 0 aliphatic carbocycles. The summed E-state index contributed by atoms with van der Waals surface area (Å²) >= 11 is 0. The van der Waals surface area contributed by atoms with Crippen LogP contribution in [0.25, 0.3) is 0 Å². The predicted molar refractivity (Wildman–Crippen MR) is 138 cm³/mol. The Kier molecular flexibility index (Phi) is 13.9. The Bertz CT molecular complexity index is 648. The molecule has 1 saturated heterocycles. The largest absolute Gasteiger partial charge is 0.493 e. The molecule has 0 unspecified atom stereocenters. The van der Waals surface area contributed by atoms with Crippen molar-refractivity contribution >= 4 is 29.9 Å². The van der Waals surface area contributed by atoms with Crippen molar-refractivity contribution in [2.75, 3.05) is 60.1 Å². The van der Waals surface area contributed by atoms with Gasteiger partial charge in [0.1, 0.15) is 6.61 Å². The molecular formula is C23H41IN4O3. The summed E-state index contributed by atoms with van der Waals surface area (Å²) in [6, 6.07) is 6.11. The molecule has 0 spiro atoms. The molecule has 1 fully saturated rings. The summed E-state index contributed by atoms with van der Waals surface area (Å²) in [7, 11) is 3.52. The fourth-order valence-electron chi connectivity index (χ4n) is 3.75. The number of piperidine rings is 1. The number of aliphatic imine (C=N–C) groups is 1. The summed E-state index contributed by atoms with van der Waals surface area (Å²) in [5.74, 6) is 2.49. The third kappa shape index (κ3) is 9.02. The number of halogens is 1. The number of likely N-dealkylation sites (tertiary alicyclic amines) is 1. The highest BCUT2D eigenvalue weighted by Gasteiger charge is 2.21. The summed E-state index contributed by atoms with van der Waals surface area (Å²) in [5.41, 5.74) is 1.13. The molecule has 8 heteroatoms. The number of guanidine groups is 1. The molecule has 0 radical (unpaired) electrons. The number of methoxy groups -OCH3 is 1. The Morgan fingerprint density at radius 3 is 2.45 bits per heavy atom. The normalized spacial score (nSPS) is 15.0. The predicted octanol–water partition coefficient (Wildman–Crippen LogP) is 3.61. The van der Waals surface area contributed by atoms with Gasteiger partial charge in [-0.25, -0.2) is 0 Å². The van der Waals surface area contributed by atoms with Crippen LogP contribution in [0.15, 0.2) is 23.2 Å². The van der Waals surface area contributed by atoms with Gasteiger partial charge in [0, 0.05) is 39.8 Å². The Balaban J connectivity index is 0.00000480. The Morgan fingerprint density at radius 2 is 1.87 bits per heavy atom. The molecule has 1 aromatic rings. The van der Waals surface area contributed by atoms with Crippen LogP contribution in [-0.2, 0) is 11.3 Å². The zero-order valence-electron chi connectivity index (χ0n) is 19.9. The molecule has 178 valence electrons. The van der Waals surface area contributed by atoms with Crippen LogP contribution in [0.4, 0.5) is 0 Å². The lowest BCUT2D eigenvalue weighted by atomic mass is 10.1. The summed E-state index contributed by atoms with van der Waals surface area (Å²) in [4.78, 5) is 9.10. The van der Waals surface area contributed by atoms with Crippen molar-refractivity contribution in [3.63, 3.8) is 0 Å². The molecule has 0 amide bonds. The van der Waals surface area contributed by atoms with Gasteiger partial charge >= 0.3 is 0 Å². The lowest BCUT2D eigenvalue weighted by Gasteiger charge is -2.34. The molecule has 0 aromatic heterocycles. The van der Waals surface area contributed by atoms with Gasteiger partial charge in [0.25, 0.3) is 0 Å². The standard InChI is InChI=1S/C23H40N4O3.HI/c1-6-26(7-2)15-16-30-21-10-9-19(17-22(21)28-5)18-25-23(24-4)27-13-11-20(12-14-27)29-8-3;/h9-10,17,20H,6-8,11-16,18H2,1-5H3,(H,24,25);1H. The maximum absolute atomic E-state index is 5.96. The first-order valence-corrected chi connectivity index (χ1v) is 11.2. The second-order valence-corrected chi connectivity index (χ2v) is 7.40. The van der Waals surface area contributed by atoms with Crippen LogP contribution >= 0.6 is 24.0 Å². The molecule has 1 aromatic carbocycles. The topological polar surface area (TPSA) is 58.6 Å². The number of nitrogens with zero attached hydrogens (tertiary/aromatic N) is 3. The van der Waals surface area contributed by atoms with E-state index in [1.165, 1.54) is 0 Å². The SMILES string of the molecule is CCOC1CCN(C(=NC)NCc2ccc(OCCN(CC)CC)c(OC)c2)CC1.I. The van der Waals surface area contributed by atoms with E-state index >= 15 is 0 Å². The number of likely N-dealkylation sites (N-methyl/N-ethyl adjacent to an activating group) is 1. The number of hydrogen-bond donors (Lipinski definition) is 1. The fourth-order valence-corrected chi connectivity index (χ4v) is 3.75. The highest BCUT2D eigenvalue weighted by molar-refractivity contribution is 14.0. The average Bonchev–Trinajstić information content (AvgIpc) is 2.79. The van der Waals surface area contributed by atoms with Crippen LogP contribution in [0.1, 0.15) is 39.2 Å². The quantitative estimate of drug-likeness (QED) is 0.259. The van der Waals surface area contributed by atoms with Crippen molar-refractivity contribution in [2.45, 2.75) is 46.3 Å². The maximum Gasteiger partial charge on any atom is 0.193 e. The van der Waals surface area contributed by atoms with Crippen molar-refractivity contribution in [3.8, 4) is 11.5 Å². The molecular weight excluding hydrogens is 507 g/mol. The van der Waals surface area contributed by atoms with Gasteiger partial charge in [-0.1, -0.05) is 19.9 Å². The van der Waals surface area contributed by atoms with Gasteiger partial charge in [0.05, 0.1) is 13.2 Å². The molecule has 31 heavy (non-hydrogen) atoms. The van der Waals surface area contributed by atoms with E-state index in [1.807, 2.05) is 19.2 Å². The van der Waals surface area contributed by atoms with Gasteiger partial charge in [-0.3, -0.25) is 4.99 Å². The first kappa shape index (κ1) is 27.8. The molecule has 1 aliphatic rings. The van der Waals surface area contributed by atoms with E-state index in [-0.39, 0.29) is 24.0 Å². The molecule has 1 heterocycles. The van der Waals surface area contributed by atoms with Crippen molar-refractivity contribution < 1.29 is 14.2 Å². The van der Waals surface area contributed by atoms with Crippen LogP contribution in [0, 0.1) is 0 Å². The summed E-state index contributed by atoms with van der Waals surface area (Å²) < 4.78 is 17.3. The van der Waals surface area contributed by atoms with Crippen LogP contribution < -0.4 is 14.8 Å². The average molecular weight is 549 g/mol. The maximum atomic E-state index is 5.96. The van der Waals surface area contributed by atoms with Crippen molar-refractivity contribution in [3.05, 3.63) is 23.8 Å². The van der Waals surface area contributed by atoms with Crippen LogP contribution in [0.5, 0.6) is 11.5 Å². The number of benzene rings is 1. The van der Waals surface area contributed by atoms with Crippen molar-refractivity contribution in [2.24, 2.45) is 4.99 Å². The van der Waals surface area contributed by atoms with E-state index in [0.29, 0.717) is 19.3 Å². The molecule has 0 saturated carbocycles. The molecule has 0 bridgehead atoms. The number of ether oxygens (including phenoxy) is 3. The Hall–Kier alpha value is -1.26. The van der Waals surface area contributed by atoms with Gasteiger partial charge in [-0.2, -0.15) is 0 Å². The molecule has 2 rings (SSSR count). The van der Waals surface area contributed by atoms with Crippen LogP contribution in [0.3, 0.4) is 0 Å². The second-order valence-electron chi connectivity index (χ2n) is 7.40. The number of nitrogens with one attached hydrogen (secondary N) is 1. The second kappa shape index (κ2) is 15.5. The van der Waals surface area contributed by atoms with Gasteiger partial charge in [-0.15, -0.1) is 24.0 Å². The van der Waals surface area contributed by atoms with E-state index in [4.69, 9.17) is 14.2 Å². The number of rotatable bonds is 11. The lowest BCUT2D eigenvalue weighted by Crippen LogP contribution is -2.46. The summed E-state index contributed by atoms with van der Waals surface area (Å²) in [6.45, 7) is 13.4. The lowest BCUT2D eigenvalue weighted by molar-refractivity contribution is 0.0263. The van der Waals surface area contributed by atoms with E-state index in [1.54, 1.807) is 7.11 Å². The van der Waals surface area contributed by atoms with E-state index in [0.717, 1.165) is 75.2 Å². The molecule has 1 N–H and O–H groups in total. The smallest absolute Gasteiger partial charge is 0.193 e. The van der Waals surface area contributed by atoms with Crippen LogP contribution in [-0.4, -0.2) is 82.0 Å². The fraction of sp³-hybridized carbons (Fsp3) is 0.696. The molecule has 7 nitrogen and oxygen atoms in total. The third-order valence-corrected chi connectivity index (χ3v) is 5.59. The third-order valence-electron chi connectivity index (χ3n) is 5.59. The zero-order chi connectivity index (χ0) is 21.8. The van der Waals surface area contributed by atoms with E-state index < -0.39 is 0 Å². The number of hydrogen-bond acceptors (Lipinski definition) is 5. The molecule has 1 aliphatic heterocycles. The van der Waals surface area contributed by atoms with E-state index in [2.05, 4.69) is 46.9 Å². The van der Waals surface area contributed by atoms with Crippen molar-refractivity contribution in [1.82, 2.24) is 15.1 Å². The van der Waals surface area contributed by atoms with E-state index in [9.17, 15) is 0 Å². The van der Waals surface area contributed by atoms with Gasteiger partial charge in [0.2, 0.25) is 0 Å². The molecule has 0 atom stereocenters. The highest BCUT2D eigenvalue weighted by Crippen LogP contribution is 2.28. The van der Waals surface area contributed by atoms with Gasteiger partial charge in [0.15, 0.2) is 17.5 Å². The minimum absolute atomic E-state index is 0. The van der Waals surface area contributed by atoms with Gasteiger partial charge < -0.3 is 29.3 Å². The zero-order valence-corrected chi connectivity index (χ0v) is 22.2. The van der Waals surface area contributed by atoms with Crippen molar-refractivity contribution in [1.29, 1.82) is 0 Å². The first-order valence-electron chi connectivity index (χ1n) is 11.2. The highest BCUT2D eigenvalue weighted by atomic mass is 127. The first-order chi connectivity index (χ1) is 14.6. The Labute approximate surface area is 205 Å². The van der Waals surface area contributed by atoms with Gasteiger partial charge in [-0.05, 0) is 50.6 Å². The monoisotopic (exact) mass is 548 g/mol. The minimum Gasteiger partial charge on any atom is -0.493 e. The minimum atomic E-state index is 0. The Morgan fingerprint density at radius 1 is 1.16 bits per heavy atom.